The van der Waals surface area contributed by atoms with E-state index in [1.54, 1.807) is 6.92 Å². The van der Waals surface area contributed by atoms with Crippen LogP contribution >= 0.6 is 0 Å². The van der Waals surface area contributed by atoms with Gasteiger partial charge in [-0.15, -0.1) is 0 Å². The predicted octanol–water partition coefficient (Wildman–Crippen LogP) is 2.90. The van der Waals surface area contributed by atoms with Gasteiger partial charge in [-0.2, -0.15) is 4.98 Å². The number of nitrogens with zero attached hydrogens (tertiary/aromatic N) is 3. The Morgan fingerprint density at radius 2 is 2.19 bits per heavy atom. The van der Waals surface area contributed by atoms with Crippen molar-refractivity contribution in [2.24, 2.45) is 10.7 Å². The zero-order valence-electron chi connectivity index (χ0n) is 15.1. The van der Waals surface area contributed by atoms with Gasteiger partial charge in [-0.1, -0.05) is 17.3 Å². The van der Waals surface area contributed by atoms with E-state index < -0.39 is 0 Å². The van der Waals surface area contributed by atoms with Crippen LogP contribution in [0.5, 0.6) is 0 Å². The SMILES string of the molecule is Cc1noc([C@@H]2CC[C@H](CN=C(N)Nc3cccc4c3CCCC4)O2)n1. The largest absolute Gasteiger partial charge is 0.370 e. The maximum atomic E-state index is 6.11. The number of hydrogen-bond acceptors (Lipinski definition) is 5. The molecule has 2 atom stereocenters. The summed E-state index contributed by atoms with van der Waals surface area (Å²) in [6.45, 7) is 2.33. The van der Waals surface area contributed by atoms with Gasteiger partial charge < -0.3 is 20.3 Å². The molecule has 1 aromatic carbocycles. The summed E-state index contributed by atoms with van der Waals surface area (Å²) in [4.78, 5) is 8.72. The number of guanidine groups is 1. The minimum atomic E-state index is -0.133. The smallest absolute Gasteiger partial charge is 0.255 e. The molecule has 138 valence electrons. The van der Waals surface area contributed by atoms with Gasteiger partial charge in [0.25, 0.3) is 5.89 Å². The first kappa shape index (κ1) is 17.0. The number of benzene rings is 1. The Kier molecular flexibility index (Phi) is 4.88. The van der Waals surface area contributed by atoms with E-state index in [1.165, 1.54) is 24.0 Å². The van der Waals surface area contributed by atoms with Crippen LogP contribution in [0, 0.1) is 6.92 Å². The Hall–Kier alpha value is -2.41. The molecule has 7 nitrogen and oxygen atoms in total. The number of rotatable bonds is 4. The predicted molar refractivity (Wildman–Crippen MR) is 99.1 cm³/mol. The van der Waals surface area contributed by atoms with Crippen molar-refractivity contribution in [3.8, 4) is 0 Å². The molecule has 1 aliphatic heterocycles. The lowest BCUT2D eigenvalue weighted by atomic mass is 9.90. The van der Waals surface area contributed by atoms with E-state index in [0.717, 1.165) is 31.4 Å². The molecule has 0 spiro atoms. The number of hydrogen-bond donors (Lipinski definition) is 2. The molecule has 0 amide bonds. The summed E-state index contributed by atoms with van der Waals surface area (Å²) in [5.41, 5.74) is 9.99. The zero-order chi connectivity index (χ0) is 17.9. The molecule has 2 aliphatic rings. The number of nitrogens with two attached hydrogens (primary N) is 1. The van der Waals surface area contributed by atoms with E-state index in [4.69, 9.17) is 15.0 Å². The van der Waals surface area contributed by atoms with Crippen LogP contribution in [0.1, 0.15) is 54.6 Å². The Balaban J connectivity index is 1.35. The molecule has 0 saturated carbocycles. The van der Waals surface area contributed by atoms with Crippen molar-refractivity contribution in [2.75, 3.05) is 11.9 Å². The number of ether oxygens (including phenoxy) is 1. The maximum Gasteiger partial charge on any atom is 0.255 e. The Bertz CT molecular complexity index is 801. The summed E-state index contributed by atoms with van der Waals surface area (Å²) < 4.78 is 11.2. The van der Waals surface area contributed by atoms with Gasteiger partial charge in [0.15, 0.2) is 11.8 Å². The van der Waals surface area contributed by atoms with Crippen molar-refractivity contribution in [2.45, 2.75) is 57.7 Å². The Morgan fingerprint density at radius 1 is 1.31 bits per heavy atom. The van der Waals surface area contributed by atoms with Crippen molar-refractivity contribution in [3.05, 3.63) is 41.0 Å². The molecule has 1 saturated heterocycles. The van der Waals surface area contributed by atoms with Crippen LogP contribution in [0.3, 0.4) is 0 Å². The van der Waals surface area contributed by atoms with Gasteiger partial charge in [-0.05, 0) is 62.6 Å². The number of aliphatic imine (C=N–C) groups is 1. The summed E-state index contributed by atoms with van der Waals surface area (Å²) in [6, 6.07) is 6.36. The van der Waals surface area contributed by atoms with Crippen LogP contribution in [-0.2, 0) is 17.6 Å². The van der Waals surface area contributed by atoms with Crippen molar-refractivity contribution in [1.82, 2.24) is 10.1 Å². The van der Waals surface area contributed by atoms with Crippen molar-refractivity contribution < 1.29 is 9.26 Å². The van der Waals surface area contributed by atoms with Gasteiger partial charge in [-0.25, -0.2) is 0 Å². The first-order chi connectivity index (χ1) is 12.7. The van der Waals surface area contributed by atoms with E-state index in [0.29, 0.717) is 24.2 Å². The first-order valence-corrected chi connectivity index (χ1v) is 9.32. The van der Waals surface area contributed by atoms with E-state index in [2.05, 4.69) is 38.6 Å². The van der Waals surface area contributed by atoms with Gasteiger partial charge in [-0.3, -0.25) is 4.99 Å². The molecule has 2 aromatic rings. The monoisotopic (exact) mass is 355 g/mol. The number of aryl methyl sites for hydroxylation is 2. The van der Waals surface area contributed by atoms with Crippen LogP contribution in [-0.4, -0.2) is 28.7 Å². The van der Waals surface area contributed by atoms with Crippen LogP contribution in [0.15, 0.2) is 27.7 Å². The third-order valence-electron chi connectivity index (χ3n) is 5.05. The first-order valence-electron chi connectivity index (χ1n) is 9.32. The summed E-state index contributed by atoms with van der Waals surface area (Å²) >= 11 is 0. The second-order valence-corrected chi connectivity index (χ2v) is 7.01. The second kappa shape index (κ2) is 7.45. The summed E-state index contributed by atoms with van der Waals surface area (Å²) in [6.07, 6.45) is 6.40. The van der Waals surface area contributed by atoms with Crippen molar-refractivity contribution in [1.29, 1.82) is 0 Å². The normalized spacial score (nSPS) is 23.0. The second-order valence-electron chi connectivity index (χ2n) is 7.01. The highest BCUT2D eigenvalue weighted by Gasteiger charge is 2.30. The number of fused-ring (bicyclic) bond motifs is 1. The fraction of sp³-hybridized carbons (Fsp3) is 0.526. The van der Waals surface area contributed by atoms with Gasteiger partial charge in [0.05, 0.1) is 12.6 Å². The molecule has 1 fully saturated rings. The number of anilines is 1. The summed E-state index contributed by atoms with van der Waals surface area (Å²) in [5, 5.41) is 7.09. The topological polar surface area (TPSA) is 98.6 Å². The highest BCUT2D eigenvalue weighted by atomic mass is 16.5. The number of nitrogens with one attached hydrogen (secondary N) is 1. The maximum absolute atomic E-state index is 6.11. The summed E-state index contributed by atoms with van der Waals surface area (Å²) in [5.74, 6) is 1.62. The van der Waals surface area contributed by atoms with Crippen LogP contribution in [0.2, 0.25) is 0 Å². The van der Waals surface area contributed by atoms with Crippen LogP contribution in [0.4, 0.5) is 5.69 Å². The molecule has 1 aromatic heterocycles. The minimum absolute atomic E-state index is 0.0252. The highest BCUT2D eigenvalue weighted by molar-refractivity contribution is 5.93. The molecular weight excluding hydrogens is 330 g/mol. The molecule has 2 heterocycles. The Morgan fingerprint density at radius 3 is 3.04 bits per heavy atom. The van der Waals surface area contributed by atoms with E-state index >= 15 is 0 Å². The van der Waals surface area contributed by atoms with Gasteiger partial charge in [0.2, 0.25) is 0 Å². The fourth-order valence-corrected chi connectivity index (χ4v) is 3.74. The third-order valence-corrected chi connectivity index (χ3v) is 5.05. The summed E-state index contributed by atoms with van der Waals surface area (Å²) in [7, 11) is 0. The average molecular weight is 355 g/mol. The lowest BCUT2D eigenvalue weighted by Gasteiger charge is -2.20. The quantitative estimate of drug-likeness (QED) is 0.646. The average Bonchev–Trinajstić information content (AvgIpc) is 3.29. The Labute approximate surface area is 153 Å². The van der Waals surface area contributed by atoms with E-state index in [9.17, 15) is 0 Å². The molecule has 4 rings (SSSR count). The van der Waals surface area contributed by atoms with E-state index in [-0.39, 0.29) is 12.2 Å². The zero-order valence-corrected chi connectivity index (χ0v) is 15.1. The van der Waals surface area contributed by atoms with E-state index in [1.807, 2.05) is 0 Å². The van der Waals surface area contributed by atoms with Crippen molar-refractivity contribution >= 4 is 11.6 Å². The fourth-order valence-electron chi connectivity index (χ4n) is 3.74. The molecular formula is C19H25N5O2. The molecule has 0 unspecified atom stereocenters. The molecule has 26 heavy (non-hydrogen) atoms. The highest BCUT2D eigenvalue weighted by Crippen LogP contribution is 2.32. The lowest BCUT2D eigenvalue weighted by Crippen LogP contribution is -2.26. The van der Waals surface area contributed by atoms with Gasteiger partial charge in [0, 0.05) is 5.69 Å². The van der Waals surface area contributed by atoms with Gasteiger partial charge >= 0.3 is 0 Å². The molecule has 1 aliphatic carbocycles. The van der Waals surface area contributed by atoms with Crippen LogP contribution < -0.4 is 11.1 Å². The molecule has 0 bridgehead atoms. The van der Waals surface area contributed by atoms with Crippen LogP contribution in [0.25, 0.3) is 0 Å². The number of aromatic nitrogens is 2. The third kappa shape index (κ3) is 3.72. The standard InChI is InChI=1S/C19H25N5O2/c1-12-22-18(26-24-12)17-10-9-14(25-17)11-21-19(20)23-16-8-4-6-13-5-2-3-7-15(13)16/h4,6,8,14,17H,2-3,5,7,9-11H2,1H3,(H3,20,21,23)/t14-,17+/m1/s1. The van der Waals surface area contributed by atoms with Gasteiger partial charge in [0.1, 0.15) is 6.10 Å². The molecule has 7 heteroatoms. The minimum Gasteiger partial charge on any atom is -0.370 e. The lowest BCUT2D eigenvalue weighted by molar-refractivity contribution is 0.0309. The molecule has 0 radical (unpaired) electrons. The molecule has 3 N–H and O–H groups in total. The van der Waals surface area contributed by atoms with Crippen molar-refractivity contribution in [3.63, 3.8) is 0 Å².